The summed E-state index contributed by atoms with van der Waals surface area (Å²) >= 11 is 11.9. The van der Waals surface area contributed by atoms with E-state index in [4.69, 9.17) is 23.2 Å². The molecule has 0 atom stereocenters. The first-order valence-electron chi connectivity index (χ1n) is 7.90. The van der Waals surface area contributed by atoms with Gasteiger partial charge in [0.15, 0.2) is 0 Å². The SMILES string of the molecule is Cc1ccccc1CNC(=O)c1cnc(Nc2ccc(Cl)c(Cl)c2)nc1. The maximum Gasteiger partial charge on any atom is 0.254 e. The van der Waals surface area contributed by atoms with E-state index in [2.05, 4.69) is 20.6 Å². The molecule has 2 aromatic carbocycles. The summed E-state index contributed by atoms with van der Waals surface area (Å²) in [7, 11) is 0. The molecule has 0 unspecified atom stereocenters. The van der Waals surface area contributed by atoms with Gasteiger partial charge in [-0.1, -0.05) is 47.5 Å². The summed E-state index contributed by atoms with van der Waals surface area (Å²) in [6.07, 6.45) is 2.94. The van der Waals surface area contributed by atoms with Crippen molar-refractivity contribution >= 4 is 40.7 Å². The second-order valence-corrected chi connectivity index (χ2v) is 6.47. The fraction of sp³-hybridized carbons (Fsp3) is 0.105. The molecule has 132 valence electrons. The Morgan fingerprint density at radius 3 is 2.46 bits per heavy atom. The lowest BCUT2D eigenvalue weighted by Gasteiger charge is -2.09. The fourth-order valence-corrected chi connectivity index (χ4v) is 2.60. The van der Waals surface area contributed by atoms with Gasteiger partial charge in [-0.15, -0.1) is 0 Å². The van der Waals surface area contributed by atoms with Gasteiger partial charge < -0.3 is 10.6 Å². The molecule has 1 aromatic heterocycles. The molecule has 26 heavy (non-hydrogen) atoms. The number of amides is 1. The standard InChI is InChI=1S/C19H16Cl2N4O/c1-12-4-2-3-5-13(12)9-22-18(26)14-10-23-19(24-11-14)25-15-6-7-16(20)17(21)8-15/h2-8,10-11H,9H2,1H3,(H,22,26)(H,23,24,25). The summed E-state index contributed by atoms with van der Waals surface area (Å²) in [5.74, 6) is 0.133. The average molecular weight is 387 g/mol. The number of aromatic nitrogens is 2. The number of nitrogens with one attached hydrogen (secondary N) is 2. The van der Waals surface area contributed by atoms with Crippen molar-refractivity contribution in [2.45, 2.75) is 13.5 Å². The van der Waals surface area contributed by atoms with Gasteiger partial charge in [0.2, 0.25) is 5.95 Å². The van der Waals surface area contributed by atoms with Gasteiger partial charge in [0.1, 0.15) is 0 Å². The molecular weight excluding hydrogens is 371 g/mol. The second kappa shape index (κ2) is 8.17. The lowest BCUT2D eigenvalue weighted by Crippen LogP contribution is -2.23. The Labute approximate surface area is 161 Å². The van der Waals surface area contributed by atoms with Crippen LogP contribution in [0, 0.1) is 6.92 Å². The van der Waals surface area contributed by atoms with E-state index in [0.717, 1.165) is 11.1 Å². The summed E-state index contributed by atoms with van der Waals surface area (Å²) < 4.78 is 0. The van der Waals surface area contributed by atoms with Crippen molar-refractivity contribution in [3.8, 4) is 0 Å². The van der Waals surface area contributed by atoms with Crippen molar-refractivity contribution in [2.75, 3.05) is 5.32 Å². The minimum atomic E-state index is -0.227. The lowest BCUT2D eigenvalue weighted by molar-refractivity contribution is 0.0950. The first kappa shape index (κ1) is 18.2. The van der Waals surface area contributed by atoms with Crippen LogP contribution in [-0.4, -0.2) is 15.9 Å². The third-order valence-corrected chi connectivity index (χ3v) is 4.53. The monoisotopic (exact) mass is 386 g/mol. The van der Waals surface area contributed by atoms with E-state index in [0.29, 0.717) is 33.8 Å². The first-order chi connectivity index (χ1) is 12.5. The molecule has 0 saturated carbocycles. The van der Waals surface area contributed by atoms with Gasteiger partial charge in [0, 0.05) is 24.6 Å². The zero-order chi connectivity index (χ0) is 18.5. The van der Waals surface area contributed by atoms with Gasteiger partial charge in [0.05, 0.1) is 15.6 Å². The van der Waals surface area contributed by atoms with Crippen LogP contribution in [0.4, 0.5) is 11.6 Å². The molecule has 1 amide bonds. The number of rotatable bonds is 5. The van der Waals surface area contributed by atoms with E-state index in [1.165, 1.54) is 12.4 Å². The number of nitrogens with zero attached hydrogens (tertiary/aromatic N) is 2. The fourth-order valence-electron chi connectivity index (χ4n) is 2.30. The Morgan fingerprint density at radius 1 is 1.04 bits per heavy atom. The molecule has 0 spiro atoms. The normalized spacial score (nSPS) is 10.4. The van der Waals surface area contributed by atoms with E-state index in [1.807, 2.05) is 31.2 Å². The van der Waals surface area contributed by atoms with Gasteiger partial charge in [-0.3, -0.25) is 4.79 Å². The molecular formula is C19H16Cl2N4O. The Kier molecular flexibility index (Phi) is 5.71. The molecule has 1 heterocycles. The predicted molar refractivity (Wildman–Crippen MR) is 104 cm³/mol. The van der Waals surface area contributed by atoms with Gasteiger partial charge in [-0.2, -0.15) is 0 Å². The molecule has 0 aliphatic carbocycles. The zero-order valence-electron chi connectivity index (χ0n) is 14.0. The van der Waals surface area contributed by atoms with E-state index in [1.54, 1.807) is 18.2 Å². The number of anilines is 2. The second-order valence-electron chi connectivity index (χ2n) is 5.66. The molecule has 0 aliphatic heterocycles. The third-order valence-electron chi connectivity index (χ3n) is 3.79. The molecule has 0 bridgehead atoms. The first-order valence-corrected chi connectivity index (χ1v) is 8.65. The Balaban J connectivity index is 1.62. The molecule has 3 aromatic rings. The van der Waals surface area contributed by atoms with E-state index >= 15 is 0 Å². The van der Waals surface area contributed by atoms with E-state index in [-0.39, 0.29) is 5.91 Å². The summed E-state index contributed by atoms with van der Waals surface area (Å²) in [5.41, 5.74) is 3.29. The zero-order valence-corrected chi connectivity index (χ0v) is 15.5. The number of carbonyl (C=O) groups is 1. The highest BCUT2D eigenvalue weighted by atomic mass is 35.5. The van der Waals surface area contributed by atoms with E-state index < -0.39 is 0 Å². The molecule has 5 nitrogen and oxygen atoms in total. The van der Waals surface area contributed by atoms with Crippen LogP contribution in [0.25, 0.3) is 0 Å². The summed E-state index contributed by atoms with van der Waals surface area (Å²) in [5, 5.41) is 6.78. The summed E-state index contributed by atoms with van der Waals surface area (Å²) in [6, 6.07) is 13.0. The van der Waals surface area contributed by atoms with Crippen molar-refractivity contribution in [3.05, 3.63) is 81.6 Å². The molecule has 3 rings (SSSR count). The van der Waals surface area contributed by atoms with Crippen LogP contribution in [0.1, 0.15) is 21.5 Å². The van der Waals surface area contributed by atoms with Crippen molar-refractivity contribution < 1.29 is 4.79 Å². The molecule has 7 heteroatoms. The molecule has 0 aliphatic rings. The highest BCUT2D eigenvalue weighted by Crippen LogP contribution is 2.26. The lowest BCUT2D eigenvalue weighted by atomic mass is 10.1. The number of hydrogen-bond donors (Lipinski definition) is 2. The third kappa shape index (κ3) is 4.50. The Hall–Kier alpha value is -2.63. The quantitative estimate of drug-likeness (QED) is 0.662. The molecule has 0 radical (unpaired) electrons. The van der Waals surface area contributed by atoms with Gasteiger partial charge in [-0.05, 0) is 36.2 Å². The van der Waals surface area contributed by atoms with Crippen molar-refractivity contribution in [2.24, 2.45) is 0 Å². The molecule has 0 fully saturated rings. The van der Waals surface area contributed by atoms with Crippen molar-refractivity contribution in [1.82, 2.24) is 15.3 Å². The minimum absolute atomic E-state index is 0.227. The highest BCUT2D eigenvalue weighted by Gasteiger charge is 2.08. The van der Waals surface area contributed by atoms with Crippen LogP contribution in [0.3, 0.4) is 0 Å². The number of aryl methyl sites for hydroxylation is 1. The molecule has 2 N–H and O–H groups in total. The smallest absolute Gasteiger partial charge is 0.254 e. The van der Waals surface area contributed by atoms with Crippen molar-refractivity contribution in [1.29, 1.82) is 0 Å². The maximum absolute atomic E-state index is 12.2. The van der Waals surface area contributed by atoms with Crippen LogP contribution < -0.4 is 10.6 Å². The molecule has 0 saturated heterocycles. The van der Waals surface area contributed by atoms with Gasteiger partial charge in [0.25, 0.3) is 5.91 Å². The number of carbonyl (C=O) groups excluding carboxylic acids is 1. The van der Waals surface area contributed by atoms with Crippen LogP contribution in [-0.2, 0) is 6.54 Å². The van der Waals surface area contributed by atoms with Crippen LogP contribution in [0.5, 0.6) is 0 Å². The summed E-state index contributed by atoms with van der Waals surface area (Å²) in [4.78, 5) is 20.6. The van der Waals surface area contributed by atoms with Crippen LogP contribution in [0.2, 0.25) is 10.0 Å². The average Bonchev–Trinajstić information content (AvgIpc) is 2.64. The summed E-state index contributed by atoms with van der Waals surface area (Å²) in [6.45, 7) is 2.46. The van der Waals surface area contributed by atoms with Crippen LogP contribution >= 0.6 is 23.2 Å². The topological polar surface area (TPSA) is 66.9 Å². The Morgan fingerprint density at radius 2 is 1.77 bits per heavy atom. The number of benzene rings is 2. The van der Waals surface area contributed by atoms with Crippen molar-refractivity contribution in [3.63, 3.8) is 0 Å². The van der Waals surface area contributed by atoms with Gasteiger partial charge >= 0.3 is 0 Å². The predicted octanol–water partition coefficient (Wildman–Crippen LogP) is 4.77. The van der Waals surface area contributed by atoms with Crippen LogP contribution in [0.15, 0.2) is 54.9 Å². The largest absolute Gasteiger partial charge is 0.348 e. The maximum atomic E-state index is 12.2. The number of hydrogen-bond acceptors (Lipinski definition) is 4. The number of halogens is 2. The minimum Gasteiger partial charge on any atom is -0.348 e. The Bertz CT molecular complexity index is 929. The van der Waals surface area contributed by atoms with Gasteiger partial charge in [-0.25, -0.2) is 9.97 Å². The van der Waals surface area contributed by atoms with E-state index in [9.17, 15) is 4.79 Å². The highest BCUT2D eigenvalue weighted by molar-refractivity contribution is 6.42.